The second kappa shape index (κ2) is 9.23. The fourth-order valence-electron chi connectivity index (χ4n) is 1.84. The summed E-state index contributed by atoms with van der Waals surface area (Å²) < 4.78 is 15.9. The van der Waals surface area contributed by atoms with Crippen LogP contribution in [0.25, 0.3) is 0 Å². The monoisotopic (exact) mass is 280 g/mol. The van der Waals surface area contributed by atoms with Gasteiger partial charge >= 0.3 is 5.97 Å². The van der Waals surface area contributed by atoms with E-state index in [2.05, 4.69) is 6.92 Å². The standard InChI is InChI=1S/C16H24O4/c1-4-6-7-8-11-20-14-10-9-13(12-15(14)18-3)16(17)19-5-2/h9-10,12H,4-8,11H2,1-3H3. The molecule has 4 nitrogen and oxygen atoms in total. The molecule has 0 bridgehead atoms. The topological polar surface area (TPSA) is 44.8 Å². The van der Waals surface area contributed by atoms with E-state index in [1.807, 2.05) is 0 Å². The van der Waals surface area contributed by atoms with Crippen LogP contribution in [0.3, 0.4) is 0 Å². The Labute approximate surface area is 121 Å². The largest absolute Gasteiger partial charge is 0.493 e. The van der Waals surface area contributed by atoms with Crippen LogP contribution in [0, 0.1) is 0 Å². The molecule has 0 spiro atoms. The van der Waals surface area contributed by atoms with Gasteiger partial charge in [0.2, 0.25) is 0 Å². The molecule has 0 fully saturated rings. The van der Waals surface area contributed by atoms with E-state index in [4.69, 9.17) is 14.2 Å². The maximum Gasteiger partial charge on any atom is 0.338 e. The lowest BCUT2D eigenvalue weighted by Gasteiger charge is -2.11. The van der Waals surface area contributed by atoms with Crippen LogP contribution in [-0.2, 0) is 4.74 Å². The second-order valence-electron chi connectivity index (χ2n) is 4.50. The zero-order valence-electron chi connectivity index (χ0n) is 12.6. The van der Waals surface area contributed by atoms with Gasteiger partial charge in [-0.3, -0.25) is 0 Å². The first-order valence-electron chi connectivity index (χ1n) is 7.20. The number of rotatable bonds is 9. The third-order valence-electron chi connectivity index (χ3n) is 2.93. The number of unbranched alkanes of at least 4 members (excludes halogenated alkanes) is 3. The average Bonchev–Trinajstić information content (AvgIpc) is 2.47. The highest BCUT2D eigenvalue weighted by Gasteiger charge is 2.11. The first-order chi connectivity index (χ1) is 9.72. The number of ether oxygens (including phenoxy) is 3. The van der Waals surface area contributed by atoms with Crippen LogP contribution >= 0.6 is 0 Å². The van der Waals surface area contributed by atoms with Crippen molar-refractivity contribution in [2.75, 3.05) is 20.3 Å². The van der Waals surface area contributed by atoms with Crippen molar-refractivity contribution in [3.05, 3.63) is 23.8 Å². The molecule has 0 saturated carbocycles. The van der Waals surface area contributed by atoms with Crippen LogP contribution in [0.2, 0.25) is 0 Å². The molecule has 0 aliphatic rings. The summed E-state index contributed by atoms with van der Waals surface area (Å²) in [6.45, 7) is 4.98. The molecule has 1 aromatic rings. The summed E-state index contributed by atoms with van der Waals surface area (Å²) in [4.78, 5) is 11.6. The Morgan fingerprint density at radius 3 is 2.55 bits per heavy atom. The molecule has 0 amide bonds. The van der Waals surface area contributed by atoms with Crippen molar-refractivity contribution in [3.63, 3.8) is 0 Å². The SMILES string of the molecule is CCCCCCOc1ccc(C(=O)OCC)cc1OC. The van der Waals surface area contributed by atoms with Crippen molar-refractivity contribution in [2.24, 2.45) is 0 Å². The normalized spacial score (nSPS) is 10.2. The van der Waals surface area contributed by atoms with Gasteiger partial charge in [0, 0.05) is 0 Å². The summed E-state index contributed by atoms with van der Waals surface area (Å²) in [5.41, 5.74) is 0.474. The van der Waals surface area contributed by atoms with E-state index < -0.39 is 0 Å². The molecule has 0 aliphatic heterocycles. The third-order valence-corrected chi connectivity index (χ3v) is 2.93. The van der Waals surface area contributed by atoms with Gasteiger partial charge in [0.25, 0.3) is 0 Å². The average molecular weight is 280 g/mol. The summed E-state index contributed by atoms with van der Waals surface area (Å²) in [6, 6.07) is 5.10. The fourth-order valence-corrected chi connectivity index (χ4v) is 1.84. The Morgan fingerprint density at radius 1 is 1.10 bits per heavy atom. The van der Waals surface area contributed by atoms with Crippen LogP contribution in [0.1, 0.15) is 49.9 Å². The minimum Gasteiger partial charge on any atom is -0.493 e. The summed E-state index contributed by atoms with van der Waals surface area (Å²) in [7, 11) is 1.56. The molecule has 0 radical (unpaired) electrons. The van der Waals surface area contributed by atoms with Gasteiger partial charge in [-0.2, -0.15) is 0 Å². The highest BCUT2D eigenvalue weighted by Crippen LogP contribution is 2.28. The highest BCUT2D eigenvalue weighted by molar-refractivity contribution is 5.90. The molecule has 112 valence electrons. The Hall–Kier alpha value is -1.71. The van der Waals surface area contributed by atoms with Gasteiger partial charge in [0.1, 0.15) is 0 Å². The van der Waals surface area contributed by atoms with Crippen LogP contribution < -0.4 is 9.47 Å². The molecule has 0 N–H and O–H groups in total. The lowest BCUT2D eigenvalue weighted by Crippen LogP contribution is -2.06. The van der Waals surface area contributed by atoms with E-state index in [-0.39, 0.29) is 5.97 Å². The summed E-state index contributed by atoms with van der Waals surface area (Å²) >= 11 is 0. The lowest BCUT2D eigenvalue weighted by atomic mass is 10.2. The van der Waals surface area contributed by atoms with E-state index in [9.17, 15) is 4.79 Å². The fraction of sp³-hybridized carbons (Fsp3) is 0.562. The Balaban J connectivity index is 2.61. The number of carbonyl (C=O) groups excluding carboxylic acids is 1. The van der Waals surface area contributed by atoms with Crippen LogP contribution in [0.4, 0.5) is 0 Å². The van der Waals surface area contributed by atoms with Gasteiger partial charge in [-0.15, -0.1) is 0 Å². The number of carbonyl (C=O) groups is 1. The predicted octanol–water partition coefficient (Wildman–Crippen LogP) is 3.83. The molecular weight excluding hydrogens is 256 g/mol. The maximum atomic E-state index is 11.6. The Kier molecular flexibility index (Phi) is 7.55. The maximum absolute atomic E-state index is 11.6. The van der Waals surface area contributed by atoms with E-state index in [1.54, 1.807) is 32.2 Å². The van der Waals surface area contributed by atoms with Crippen molar-refractivity contribution in [1.82, 2.24) is 0 Å². The van der Waals surface area contributed by atoms with E-state index >= 15 is 0 Å². The number of esters is 1. The lowest BCUT2D eigenvalue weighted by molar-refractivity contribution is 0.0526. The van der Waals surface area contributed by atoms with Crippen LogP contribution in [-0.4, -0.2) is 26.3 Å². The number of hydrogen-bond acceptors (Lipinski definition) is 4. The molecule has 0 heterocycles. The van der Waals surface area contributed by atoms with Gasteiger partial charge in [-0.1, -0.05) is 26.2 Å². The molecule has 20 heavy (non-hydrogen) atoms. The quantitative estimate of drug-likeness (QED) is 0.509. The van der Waals surface area contributed by atoms with Gasteiger partial charge in [-0.25, -0.2) is 4.79 Å². The van der Waals surface area contributed by atoms with E-state index in [0.717, 1.165) is 6.42 Å². The zero-order chi connectivity index (χ0) is 14.8. The first-order valence-corrected chi connectivity index (χ1v) is 7.20. The summed E-state index contributed by atoms with van der Waals surface area (Å²) in [5, 5.41) is 0. The van der Waals surface area contributed by atoms with Crippen LogP contribution in [0.5, 0.6) is 11.5 Å². The molecule has 1 rings (SSSR count). The van der Waals surface area contributed by atoms with Gasteiger partial charge in [-0.05, 0) is 31.5 Å². The summed E-state index contributed by atoms with van der Waals surface area (Å²) in [6.07, 6.45) is 4.62. The smallest absolute Gasteiger partial charge is 0.338 e. The second-order valence-corrected chi connectivity index (χ2v) is 4.50. The van der Waals surface area contributed by atoms with Gasteiger partial charge < -0.3 is 14.2 Å². The van der Waals surface area contributed by atoms with E-state index in [1.165, 1.54) is 19.3 Å². The highest BCUT2D eigenvalue weighted by atomic mass is 16.5. The van der Waals surface area contributed by atoms with Gasteiger partial charge in [0.05, 0.1) is 25.9 Å². The van der Waals surface area contributed by atoms with Crippen molar-refractivity contribution < 1.29 is 19.0 Å². The number of hydrogen-bond donors (Lipinski definition) is 0. The van der Waals surface area contributed by atoms with Crippen molar-refractivity contribution in [3.8, 4) is 11.5 Å². The van der Waals surface area contributed by atoms with Crippen molar-refractivity contribution in [1.29, 1.82) is 0 Å². The molecule has 0 atom stereocenters. The molecule has 0 unspecified atom stereocenters. The minimum atomic E-state index is -0.347. The molecule has 4 heteroatoms. The number of methoxy groups -OCH3 is 1. The molecular formula is C16H24O4. The third kappa shape index (κ3) is 5.11. The number of benzene rings is 1. The molecule has 0 saturated heterocycles. The zero-order valence-corrected chi connectivity index (χ0v) is 12.6. The first kappa shape index (κ1) is 16.3. The minimum absolute atomic E-state index is 0.347. The summed E-state index contributed by atoms with van der Waals surface area (Å²) in [5.74, 6) is 0.878. The van der Waals surface area contributed by atoms with E-state index in [0.29, 0.717) is 30.3 Å². The van der Waals surface area contributed by atoms with Crippen molar-refractivity contribution in [2.45, 2.75) is 39.5 Å². The van der Waals surface area contributed by atoms with Crippen LogP contribution in [0.15, 0.2) is 18.2 Å². The van der Waals surface area contributed by atoms with Gasteiger partial charge in [0.15, 0.2) is 11.5 Å². The Bertz CT molecular complexity index is 415. The Morgan fingerprint density at radius 2 is 1.90 bits per heavy atom. The molecule has 0 aliphatic carbocycles. The van der Waals surface area contributed by atoms with Crippen molar-refractivity contribution >= 4 is 5.97 Å². The predicted molar refractivity (Wildman–Crippen MR) is 78.6 cm³/mol. The molecule has 0 aromatic heterocycles. The molecule has 1 aromatic carbocycles.